The molecule has 0 aliphatic rings. The Hall–Kier alpha value is -1.29. The summed E-state index contributed by atoms with van der Waals surface area (Å²) in [6.07, 6.45) is 0. The highest BCUT2D eigenvalue weighted by Crippen LogP contribution is 2.28. The van der Waals surface area contributed by atoms with E-state index < -0.39 is 10.0 Å². The van der Waals surface area contributed by atoms with E-state index >= 15 is 0 Å². The van der Waals surface area contributed by atoms with Crippen molar-refractivity contribution in [1.82, 2.24) is 14.8 Å². The zero-order valence-corrected chi connectivity index (χ0v) is 14.0. The van der Waals surface area contributed by atoms with E-state index in [1.54, 1.807) is 0 Å². The standard InChI is InChI=1S/C12H15BrN4O3S/c1-8-3-4-9(10(13)7-8)11-15-16-12(21(14,18)19)17(11)5-6-20-2/h3-4,7H,5-6H2,1-2H3,(H2,14,18,19). The molecule has 1 aromatic carbocycles. The van der Waals surface area contributed by atoms with Crippen LogP contribution in [-0.2, 0) is 21.3 Å². The largest absolute Gasteiger partial charge is 0.383 e. The molecule has 9 heteroatoms. The second-order valence-corrected chi connectivity index (χ2v) is 6.79. The summed E-state index contributed by atoms with van der Waals surface area (Å²) in [7, 11) is -2.42. The lowest BCUT2D eigenvalue weighted by Crippen LogP contribution is -2.20. The van der Waals surface area contributed by atoms with Crippen molar-refractivity contribution in [2.24, 2.45) is 5.14 Å². The lowest BCUT2D eigenvalue weighted by molar-refractivity contribution is 0.185. The van der Waals surface area contributed by atoms with Crippen molar-refractivity contribution < 1.29 is 13.2 Å². The summed E-state index contributed by atoms with van der Waals surface area (Å²) < 4.78 is 30.4. The summed E-state index contributed by atoms with van der Waals surface area (Å²) >= 11 is 3.45. The molecule has 0 amide bonds. The van der Waals surface area contributed by atoms with E-state index in [0.29, 0.717) is 12.4 Å². The van der Waals surface area contributed by atoms with Gasteiger partial charge in [-0.25, -0.2) is 13.6 Å². The Balaban J connectivity index is 2.60. The Morgan fingerprint density at radius 2 is 2.10 bits per heavy atom. The third-order valence-electron chi connectivity index (χ3n) is 2.86. The second-order valence-electron chi connectivity index (χ2n) is 4.48. The lowest BCUT2D eigenvalue weighted by Gasteiger charge is -2.10. The van der Waals surface area contributed by atoms with Gasteiger partial charge in [0.25, 0.3) is 15.2 Å². The Morgan fingerprint density at radius 1 is 1.38 bits per heavy atom. The average Bonchev–Trinajstić information content (AvgIpc) is 2.79. The molecule has 2 N–H and O–H groups in total. The van der Waals surface area contributed by atoms with Crippen LogP contribution >= 0.6 is 15.9 Å². The monoisotopic (exact) mass is 374 g/mol. The van der Waals surface area contributed by atoms with Crippen molar-refractivity contribution in [3.63, 3.8) is 0 Å². The molecule has 0 radical (unpaired) electrons. The van der Waals surface area contributed by atoms with Gasteiger partial charge in [-0.3, -0.25) is 4.57 Å². The number of hydrogen-bond donors (Lipinski definition) is 1. The van der Waals surface area contributed by atoms with Crippen LogP contribution in [0.4, 0.5) is 0 Å². The maximum Gasteiger partial charge on any atom is 0.273 e. The van der Waals surface area contributed by atoms with Gasteiger partial charge >= 0.3 is 0 Å². The number of benzene rings is 1. The number of rotatable bonds is 5. The predicted octanol–water partition coefficient (Wildman–Crippen LogP) is 1.31. The van der Waals surface area contributed by atoms with Crippen molar-refractivity contribution in [2.75, 3.05) is 13.7 Å². The van der Waals surface area contributed by atoms with Gasteiger partial charge in [0, 0.05) is 17.1 Å². The molecule has 0 aliphatic heterocycles. The number of halogens is 1. The fourth-order valence-corrected chi connectivity index (χ4v) is 3.19. The van der Waals surface area contributed by atoms with Crippen LogP contribution < -0.4 is 5.14 Å². The Bertz CT molecular complexity index is 758. The number of ether oxygens (including phenoxy) is 1. The highest BCUT2D eigenvalue weighted by molar-refractivity contribution is 9.10. The van der Waals surface area contributed by atoms with Crippen molar-refractivity contribution in [2.45, 2.75) is 18.6 Å². The minimum absolute atomic E-state index is 0.276. The van der Waals surface area contributed by atoms with Crippen LogP contribution in [0.25, 0.3) is 11.4 Å². The molecule has 0 aliphatic carbocycles. The van der Waals surface area contributed by atoms with E-state index in [9.17, 15) is 8.42 Å². The van der Waals surface area contributed by atoms with E-state index in [-0.39, 0.29) is 11.7 Å². The molecule has 0 atom stereocenters. The zero-order chi connectivity index (χ0) is 15.6. The fourth-order valence-electron chi connectivity index (χ4n) is 1.88. The highest BCUT2D eigenvalue weighted by atomic mass is 79.9. The summed E-state index contributed by atoms with van der Waals surface area (Å²) in [6, 6.07) is 5.67. The lowest BCUT2D eigenvalue weighted by atomic mass is 10.1. The molecule has 0 unspecified atom stereocenters. The van der Waals surface area contributed by atoms with Crippen LogP contribution in [0.3, 0.4) is 0 Å². The molecule has 0 bridgehead atoms. The van der Waals surface area contributed by atoms with E-state index in [0.717, 1.165) is 15.6 Å². The predicted molar refractivity (Wildman–Crippen MR) is 81.1 cm³/mol. The van der Waals surface area contributed by atoms with Gasteiger partial charge in [-0.2, -0.15) is 0 Å². The Labute approximate surface area is 131 Å². The number of methoxy groups -OCH3 is 1. The second kappa shape index (κ2) is 6.22. The van der Waals surface area contributed by atoms with E-state index in [1.807, 2.05) is 25.1 Å². The van der Waals surface area contributed by atoms with Crippen LogP contribution in [-0.4, -0.2) is 36.9 Å². The molecule has 0 saturated carbocycles. The summed E-state index contributed by atoms with van der Waals surface area (Å²) in [6.45, 7) is 2.56. The van der Waals surface area contributed by atoms with Gasteiger partial charge in [0.05, 0.1) is 13.2 Å². The van der Waals surface area contributed by atoms with Gasteiger partial charge in [-0.15, -0.1) is 10.2 Å². The number of hydrogen-bond acceptors (Lipinski definition) is 5. The first-order valence-corrected chi connectivity index (χ1v) is 8.40. The first kappa shape index (κ1) is 16.1. The SMILES string of the molecule is COCCn1c(-c2ccc(C)cc2Br)nnc1S(N)(=O)=O. The molecular formula is C12H15BrN4O3S. The quantitative estimate of drug-likeness (QED) is 0.849. The molecule has 7 nitrogen and oxygen atoms in total. The van der Waals surface area contributed by atoms with Crippen LogP contribution in [0.1, 0.15) is 5.56 Å². The van der Waals surface area contributed by atoms with Gasteiger partial charge in [-0.1, -0.05) is 22.0 Å². The normalized spacial score (nSPS) is 11.8. The summed E-state index contributed by atoms with van der Waals surface area (Å²) in [5.41, 5.74) is 1.80. The molecule has 21 heavy (non-hydrogen) atoms. The van der Waals surface area contributed by atoms with Crippen LogP contribution in [0, 0.1) is 6.92 Å². The first-order valence-electron chi connectivity index (χ1n) is 6.06. The molecule has 0 saturated heterocycles. The number of nitrogens with two attached hydrogens (primary N) is 1. The highest BCUT2D eigenvalue weighted by Gasteiger charge is 2.22. The van der Waals surface area contributed by atoms with Crippen LogP contribution in [0.2, 0.25) is 0 Å². The molecule has 1 aromatic heterocycles. The summed E-state index contributed by atoms with van der Waals surface area (Å²) in [5, 5.41) is 12.6. The first-order chi connectivity index (χ1) is 9.84. The smallest absolute Gasteiger partial charge is 0.273 e. The number of aromatic nitrogens is 3. The van der Waals surface area contributed by atoms with Gasteiger partial charge in [0.15, 0.2) is 5.82 Å². The van der Waals surface area contributed by atoms with Crippen molar-refractivity contribution >= 4 is 26.0 Å². The topological polar surface area (TPSA) is 100 Å². The number of sulfonamides is 1. The van der Waals surface area contributed by atoms with Crippen molar-refractivity contribution in [3.8, 4) is 11.4 Å². The van der Waals surface area contributed by atoms with Gasteiger partial charge < -0.3 is 4.74 Å². The van der Waals surface area contributed by atoms with E-state index in [4.69, 9.17) is 9.88 Å². The Kier molecular flexibility index (Phi) is 4.77. The number of nitrogens with zero attached hydrogens (tertiary/aromatic N) is 3. The van der Waals surface area contributed by atoms with Gasteiger partial charge in [0.1, 0.15) is 0 Å². The molecular weight excluding hydrogens is 360 g/mol. The number of aryl methyl sites for hydroxylation is 1. The minimum Gasteiger partial charge on any atom is -0.383 e. The summed E-state index contributed by atoms with van der Waals surface area (Å²) in [5.74, 6) is 0.419. The molecule has 0 spiro atoms. The average molecular weight is 375 g/mol. The zero-order valence-electron chi connectivity index (χ0n) is 11.6. The van der Waals surface area contributed by atoms with Gasteiger partial charge in [0.2, 0.25) is 0 Å². The maximum absolute atomic E-state index is 11.6. The van der Waals surface area contributed by atoms with Crippen LogP contribution in [0.15, 0.2) is 27.8 Å². The van der Waals surface area contributed by atoms with Crippen molar-refractivity contribution in [3.05, 3.63) is 28.2 Å². The fraction of sp³-hybridized carbons (Fsp3) is 0.333. The molecule has 2 aromatic rings. The third kappa shape index (κ3) is 3.49. The van der Waals surface area contributed by atoms with Crippen LogP contribution in [0.5, 0.6) is 0 Å². The molecule has 2 rings (SSSR count). The van der Waals surface area contributed by atoms with Crippen molar-refractivity contribution in [1.29, 1.82) is 0 Å². The van der Waals surface area contributed by atoms with Gasteiger partial charge in [-0.05, 0) is 24.6 Å². The minimum atomic E-state index is -3.95. The third-order valence-corrected chi connectivity index (χ3v) is 4.32. The molecule has 114 valence electrons. The molecule has 0 fully saturated rings. The Morgan fingerprint density at radius 3 is 2.67 bits per heavy atom. The van der Waals surface area contributed by atoms with E-state index in [1.165, 1.54) is 11.7 Å². The maximum atomic E-state index is 11.6. The summed E-state index contributed by atoms with van der Waals surface area (Å²) in [4.78, 5) is 0. The number of primary sulfonamides is 1. The van der Waals surface area contributed by atoms with E-state index in [2.05, 4.69) is 26.1 Å². The molecule has 1 heterocycles.